The molecule has 1 N–H and O–H groups in total. The first-order valence-corrected chi connectivity index (χ1v) is 8.42. The van der Waals surface area contributed by atoms with Crippen LogP contribution < -0.4 is 10.2 Å². The van der Waals surface area contributed by atoms with E-state index in [-0.39, 0.29) is 5.91 Å². The van der Waals surface area contributed by atoms with Crippen molar-refractivity contribution < 1.29 is 9.21 Å². The second-order valence-electron chi connectivity index (χ2n) is 5.78. The van der Waals surface area contributed by atoms with Gasteiger partial charge in [0.05, 0.1) is 6.26 Å². The molecule has 24 heavy (non-hydrogen) atoms. The minimum Gasteiger partial charge on any atom is -0.459 e. The van der Waals surface area contributed by atoms with Crippen molar-refractivity contribution in [1.82, 2.24) is 14.9 Å². The second-order valence-corrected chi connectivity index (χ2v) is 5.78. The normalized spacial score (nSPS) is 14.7. The Labute approximate surface area is 141 Å². The second kappa shape index (κ2) is 7.81. The molecule has 0 unspecified atom stereocenters. The van der Waals surface area contributed by atoms with E-state index in [0.29, 0.717) is 37.9 Å². The van der Waals surface area contributed by atoms with Gasteiger partial charge in [-0.05, 0) is 24.6 Å². The van der Waals surface area contributed by atoms with Gasteiger partial charge in [0, 0.05) is 38.9 Å². The van der Waals surface area contributed by atoms with Crippen molar-refractivity contribution in [3.63, 3.8) is 0 Å². The number of unbranched alkanes of at least 4 members (excludes halogenated alkanes) is 1. The van der Waals surface area contributed by atoms with E-state index in [9.17, 15) is 4.79 Å². The van der Waals surface area contributed by atoms with Crippen LogP contribution in [-0.2, 0) is 0 Å². The van der Waals surface area contributed by atoms with E-state index < -0.39 is 0 Å². The van der Waals surface area contributed by atoms with Gasteiger partial charge < -0.3 is 19.5 Å². The van der Waals surface area contributed by atoms with Crippen LogP contribution in [0.5, 0.6) is 0 Å². The fraction of sp³-hybridized carbons (Fsp3) is 0.471. The summed E-state index contributed by atoms with van der Waals surface area (Å²) in [6.45, 7) is 5.78. The average Bonchev–Trinajstić information content (AvgIpc) is 3.16. The molecule has 0 spiro atoms. The van der Waals surface area contributed by atoms with Crippen LogP contribution in [0.3, 0.4) is 0 Å². The molecule has 0 radical (unpaired) electrons. The Balaban J connectivity index is 1.56. The van der Waals surface area contributed by atoms with Crippen molar-refractivity contribution in [2.75, 3.05) is 42.9 Å². The van der Waals surface area contributed by atoms with Crippen LogP contribution in [-0.4, -0.2) is 53.5 Å². The Bertz CT molecular complexity index is 651. The molecule has 0 saturated carbocycles. The van der Waals surface area contributed by atoms with Crippen molar-refractivity contribution in [2.24, 2.45) is 0 Å². The number of hydrogen-bond acceptors (Lipinski definition) is 6. The number of rotatable bonds is 6. The Morgan fingerprint density at radius 1 is 1.29 bits per heavy atom. The molecule has 2 aromatic heterocycles. The summed E-state index contributed by atoms with van der Waals surface area (Å²) in [5, 5.41) is 3.32. The Morgan fingerprint density at radius 2 is 2.12 bits per heavy atom. The summed E-state index contributed by atoms with van der Waals surface area (Å²) in [6, 6.07) is 5.31. The maximum Gasteiger partial charge on any atom is 0.289 e. The third-order valence-electron chi connectivity index (χ3n) is 4.06. The fourth-order valence-corrected chi connectivity index (χ4v) is 2.66. The zero-order valence-electron chi connectivity index (χ0n) is 13.9. The summed E-state index contributed by atoms with van der Waals surface area (Å²) in [5.41, 5.74) is 0. The van der Waals surface area contributed by atoms with E-state index >= 15 is 0 Å². The Hall–Kier alpha value is -2.57. The SMILES string of the molecule is CCCCNc1ccnc(N2CCN(C(=O)c3ccco3)CC2)n1. The highest BCUT2D eigenvalue weighted by molar-refractivity contribution is 5.91. The molecule has 128 valence electrons. The number of nitrogens with zero attached hydrogens (tertiary/aromatic N) is 4. The lowest BCUT2D eigenvalue weighted by Crippen LogP contribution is -2.49. The molecule has 1 aliphatic rings. The van der Waals surface area contributed by atoms with Crippen LogP contribution in [0.25, 0.3) is 0 Å². The van der Waals surface area contributed by atoms with Crippen LogP contribution in [0.1, 0.15) is 30.3 Å². The maximum atomic E-state index is 12.3. The van der Waals surface area contributed by atoms with Gasteiger partial charge in [0.2, 0.25) is 5.95 Å². The molecule has 7 heteroatoms. The van der Waals surface area contributed by atoms with Crippen molar-refractivity contribution >= 4 is 17.7 Å². The van der Waals surface area contributed by atoms with Gasteiger partial charge in [-0.25, -0.2) is 4.98 Å². The predicted octanol–water partition coefficient (Wildman–Crippen LogP) is 2.24. The molecule has 1 fully saturated rings. The molecule has 0 aromatic carbocycles. The van der Waals surface area contributed by atoms with Gasteiger partial charge in [-0.3, -0.25) is 4.79 Å². The van der Waals surface area contributed by atoms with Gasteiger partial charge in [0.25, 0.3) is 5.91 Å². The van der Waals surface area contributed by atoms with E-state index in [0.717, 1.165) is 25.2 Å². The summed E-state index contributed by atoms with van der Waals surface area (Å²) in [4.78, 5) is 25.1. The summed E-state index contributed by atoms with van der Waals surface area (Å²) >= 11 is 0. The topological polar surface area (TPSA) is 74.5 Å². The number of aromatic nitrogens is 2. The number of hydrogen-bond donors (Lipinski definition) is 1. The van der Waals surface area contributed by atoms with E-state index in [1.807, 2.05) is 6.07 Å². The standard InChI is InChI=1S/C17H23N5O2/c1-2-3-7-18-15-6-8-19-17(20-15)22-11-9-21(10-12-22)16(23)14-5-4-13-24-14/h4-6,8,13H,2-3,7,9-12H2,1H3,(H,18,19,20). The highest BCUT2D eigenvalue weighted by atomic mass is 16.3. The molecule has 0 bridgehead atoms. The molecular weight excluding hydrogens is 306 g/mol. The molecule has 7 nitrogen and oxygen atoms in total. The first kappa shape index (κ1) is 16.3. The summed E-state index contributed by atoms with van der Waals surface area (Å²) < 4.78 is 5.18. The number of carbonyl (C=O) groups excluding carboxylic acids is 1. The molecule has 1 amide bonds. The van der Waals surface area contributed by atoms with Crippen molar-refractivity contribution in [3.8, 4) is 0 Å². The lowest BCUT2D eigenvalue weighted by molar-refractivity contribution is 0.0714. The van der Waals surface area contributed by atoms with Gasteiger partial charge in [-0.15, -0.1) is 0 Å². The number of carbonyl (C=O) groups is 1. The highest BCUT2D eigenvalue weighted by Crippen LogP contribution is 2.15. The number of furan rings is 1. The lowest BCUT2D eigenvalue weighted by atomic mass is 10.3. The van der Waals surface area contributed by atoms with Gasteiger partial charge in [-0.1, -0.05) is 13.3 Å². The third-order valence-corrected chi connectivity index (χ3v) is 4.06. The molecule has 1 aliphatic heterocycles. The van der Waals surface area contributed by atoms with Crippen molar-refractivity contribution in [2.45, 2.75) is 19.8 Å². The largest absolute Gasteiger partial charge is 0.459 e. The first-order chi connectivity index (χ1) is 11.8. The van der Waals surface area contributed by atoms with Crippen LogP contribution in [0.15, 0.2) is 35.1 Å². The van der Waals surface area contributed by atoms with Gasteiger partial charge in [0.1, 0.15) is 5.82 Å². The van der Waals surface area contributed by atoms with Gasteiger partial charge in [0.15, 0.2) is 5.76 Å². The average molecular weight is 329 g/mol. The number of piperazine rings is 1. The summed E-state index contributed by atoms with van der Waals surface area (Å²) in [6.07, 6.45) is 5.56. The molecule has 3 heterocycles. The van der Waals surface area contributed by atoms with Crippen LogP contribution in [0.2, 0.25) is 0 Å². The molecule has 0 aliphatic carbocycles. The smallest absolute Gasteiger partial charge is 0.289 e. The van der Waals surface area contributed by atoms with E-state index in [2.05, 4.69) is 27.1 Å². The number of anilines is 2. The first-order valence-electron chi connectivity index (χ1n) is 8.42. The zero-order valence-corrected chi connectivity index (χ0v) is 13.9. The fourth-order valence-electron chi connectivity index (χ4n) is 2.66. The lowest BCUT2D eigenvalue weighted by Gasteiger charge is -2.34. The van der Waals surface area contributed by atoms with Crippen LogP contribution in [0, 0.1) is 0 Å². The zero-order chi connectivity index (χ0) is 16.8. The molecular formula is C17H23N5O2. The highest BCUT2D eigenvalue weighted by Gasteiger charge is 2.24. The van der Waals surface area contributed by atoms with E-state index in [1.54, 1.807) is 23.2 Å². The minimum atomic E-state index is -0.0597. The minimum absolute atomic E-state index is 0.0597. The number of nitrogens with one attached hydrogen (secondary N) is 1. The van der Waals surface area contributed by atoms with E-state index in [1.165, 1.54) is 6.26 Å². The van der Waals surface area contributed by atoms with E-state index in [4.69, 9.17) is 4.42 Å². The molecule has 1 saturated heterocycles. The quantitative estimate of drug-likeness (QED) is 0.819. The predicted molar refractivity (Wildman–Crippen MR) is 92.3 cm³/mol. The van der Waals surface area contributed by atoms with Crippen LogP contribution in [0.4, 0.5) is 11.8 Å². The van der Waals surface area contributed by atoms with Crippen molar-refractivity contribution in [3.05, 3.63) is 36.4 Å². The van der Waals surface area contributed by atoms with Crippen LogP contribution >= 0.6 is 0 Å². The Morgan fingerprint density at radius 3 is 2.83 bits per heavy atom. The molecule has 0 atom stereocenters. The van der Waals surface area contributed by atoms with Gasteiger partial charge in [-0.2, -0.15) is 4.98 Å². The molecule has 3 rings (SSSR count). The van der Waals surface area contributed by atoms with Gasteiger partial charge >= 0.3 is 0 Å². The monoisotopic (exact) mass is 329 g/mol. The molecule has 2 aromatic rings. The number of amides is 1. The summed E-state index contributed by atoms with van der Waals surface area (Å²) in [5.74, 6) is 1.89. The van der Waals surface area contributed by atoms with Crippen molar-refractivity contribution in [1.29, 1.82) is 0 Å². The third kappa shape index (κ3) is 3.84. The summed E-state index contributed by atoms with van der Waals surface area (Å²) in [7, 11) is 0. The maximum absolute atomic E-state index is 12.3. The Kier molecular flexibility index (Phi) is 5.30.